The lowest BCUT2D eigenvalue weighted by molar-refractivity contribution is 0.383. The summed E-state index contributed by atoms with van der Waals surface area (Å²) < 4.78 is 0. The Kier molecular flexibility index (Phi) is 4.01. The van der Waals surface area contributed by atoms with E-state index in [0.29, 0.717) is 22.0 Å². The fourth-order valence-corrected chi connectivity index (χ4v) is 3.13. The summed E-state index contributed by atoms with van der Waals surface area (Å²) in [5.74, 6) is 1.47. The van der Waals surface area contributed by atoms with Crippen molar-refractivity contribution in [2.45, 2.75) is 37.6 Å². The molecule has 106 valence electrons. The average molecular weight is 310 g/mol. The van der Waals surface area contributed by atoms with E-state index in [1.54, 1.807) is 6.07 Å². The fourth-order valence-electron chi connectivity index (χ4n) is 2.83. The van der Waals surface area contributed by atoms with Gasteiger partial charge >= 0.3 is 0 Å². The second-order valence-electron chi connectivity index (χ2n) is 5.43. The summed E-state index contributed by atoms with van der Waals surface area (Å²) in [7, 11) is 0. The van der Waals surface area contributed by atoms with E-state index in [2.05, 4.69) is 9.97 Å². The lowest BCUT2D eigenvalue weighted by Crippen LogP contribution is -2.27. The molecule has 2 atom stereocenters. The number of hydrogen-bond donors (Lipinski definition) is 2. The highest BCUT2D eigenvalue weighted by molar-refractivity contribution is 6.42. The Morgan fingerprint density at radius 3 is 2.80 bits per heavy atom. The molecule has 2 unspecified atom stereocenters. The smallest absolute Gasteiger partial charge is 0.109 e. The van der Waals surface area contributed by atoms with Gasteiger partial charge in [-0.25, -0.2) is 4.98 Å². The van der Waals surface area contributed by atoms with Crippen LogP contribution in [0.3, 0.4) is 0 Å². The minimum Gasteiger partial charge on any atom is -0.342 e. The van der Waals surface area contributed by atoms with Crippen LogP contribution in [0.1, 0.15) is 37.4 Å². The van der Waals surface area contributed by atoms with E-state index in [0.717, 1.165) is 36.3 Å². The molecule has 1 aliphatic carbocycles. The van der Waals surface area contributed by atoms with Gasteiger partial charge in [0, 0.05) is 17.5 Å². The van der Waals surface area contributed by atoms with Crippen molar-refractivity contribution in [1.29, 1.82) is 0 Å². The summed E-state index contributed by atoms with van der Waals surface area (Å²) >= 11 is 12.0. The number of imidazole rings is 1. The number of aromatic nitrogens is 2. The van der Waals surface area contributed by atoms with E-state index in [1.807, 2.05) is 18.3 Å². The minimum absolute atomic E-state index is 0.298. The van der Waals surface area contributed by atoms with Crippen LogP contribution >= 0.6 is 23.2 Å². The SMILES string of the molecule is NC1CCCC(c2ncc(-c3ccc(Cl)c(Cl)c3)[nH]2)C1. The van der Waals surface area contributed by atoms with Crippen LogP contribution in [0.15, 0.2) is 24.4 Å². The van der Waals surface area contributed by atoms with E-state index in [4.69, 9.17) is 28.9 Å². The van der Waals surface area contributed by atoms with E-state index in [1.165, 1.54) is 6.42 Å². The Morgan fingerprint density at radius 2 is 2.05 bits per heavy atom. The zero-order valence-corrected chi connectivity index (χ0v) is 12.6. The molecule has 3 rings (SSSR count). The highest BCUT2D eigenvalue weighted by atomic mass is 35.5. The van der Waals surface area contributed by atoms with Gasteiger partial charge in [0.05, 0.1) is 21.9 Å². The fraction of sp³-hybridized carbons (Fsp3) is 0.400. The molecule has 1 heterocycles. The minimum atomic E-state index is 0.298. The Balaban J connectivity index is 1.84. The summed E-state index contributed by atoms with van der Waals surface area (Å²) in [5.41, 5.74) is 8.01. The highest BCUT2D eigenvalue weighted by Crippen LogP contribution is 2.32. The van der Waals surface area contributed by atoms with Crippen LogP contribution in [-0.2, 0) is 0 Å². The Labute approximate surface area is 128 Å². The molecule has 1 aliphatic rings. The third kappa shape index (κ3) is 2.85. The second kappa shape index (κ2) is 5.76. The molecule has 20 heavy (non-hydrogen) atoms. The van der Waals surface area contributed by atoms with Gasteiger partial charge in [0.2, 0.25) is 0 Å². The second-order valence-corrected chi connectivity index (χ2v) is 6.25. The lowest BCUT2D eigenvalue weighted by atomic mass is 9.86. The number of hydrogen-bond acceptors (Lipinski definition) is 2. The van der Waals surface area contributed by atoms with Gasteiger partial charge in [0.1, 0.15) is 5.82 Å². The quantitative estimate of drug-likeness (QED) is 0.865. The van der Waals surface area contributed by atoms with Gasteiger partial charge in [-0.3, -0.25) is 0 Å². The third-order valence-electron chi connectivity index (χ3n) is 3.93. The van der Waals surface area contributed by atoms with E-state index in [-0.39, 0.29) is 0 Å². The number of benzene rings is 1. The van der Waals surface area contributed by atoms with Crippen molar-refractivity contribution < 1.29 is 0 Å². The molecule has 0 spiro atoms. The standard InChI is InChI=1S/C15H17Cl2N3/c16-12-5-4-9(7-13(12)17)14-8-19-15(20-14)10-2-1-3-11(18)6-10/h4-5,7-8,10-11H,1-3,6,18H2,(H,19,20). The molecular weight excluding hydrogens is 293 g/mol. The van der Waals surface area contributed by atoms with Crippen LogP contribution < -0.4 is 5.73 Å². The zero-order chi connectivity index (χ0) is 14.1. The summed E-state index contributed by atoms with van der Waals surface area (Å²) in [4.78, 5) is 7.91. The number of halogens is 2. The maximum absolute atomic E-state index is 6.06. The number of aromatic amines is 1. The van der Waals surface area contributed by atoms with Crippen molar-refractivity contribution in [3.63, 3.8) is 0 Å². The predicted molar refractivity (Wildman–Crippen MR) is 83.2 cm³/mol. The van der Waals surface area contributed by atoms with E-state index < -0.39 is 0 Å². The maximum atomic E-state index is 6.06. The molecular formula is C15H17Cl2N3. The Hall–Kier alpha value is -1.03. The number of nitrogens with one attached hydrogen (secondary N) is 1. The molecule has 1 aromatic heterocycles. The highest BCUT2D eigenvalue weighted by Gasteiger charge is 2.23. The molecule has 3 nitrogen and oxygen atoms in total. The molecule has 1 fully saturated rings. The van der Waals surface area contributed by atoms with Gasteiger partial charge in [-0.1, -0.05) is 35.7 Å². The van der Waals surface area contributed by atoms with Crippen LogP contribution in [0.25, 0.3) is 11.3 Å². The van der Waals surface area contributed by atoms with Crippen molar-refractivity contribution in [2.75, 3.05) is 0 Å². The van der Waals surface area contributed by atoms with Gasteiger partial charge in [-0.05, 0) is 31.4 Å². The van der Waals surface area contributed by atoms with Crippen LogP contribution in [0.5, 0.6) is 0 Å². The normalized spacial score (nSPS) is 22.9. The van der Waals surface area contributed by atoms with Crippen LogP contribution in [0.2, 0.25) is 10.0 Å². The van der Waals surface area contributed by atoms with E-state index >= 15 is 0 Å². The number of rotatable bonds is 2. The molecule has 1 saturated carbocycles. The molecule has 0 aliphatic heterocycles. The maximum Gasteiger partial charge on any atom is 0.109 e. The molecule has 0 bridgehead atoms. The Morgan fingerprint density at radius 1 is 1.20 bits per heavy atom. The average Bonchev–Trinajstić information content (AvgIpc) is 2.92. The molecule has 0 amide bonds. The van der Waals surface area contributed by atoms with Gasteiger partial charge in [-0.2, -0.15) is 0 Å². The Bertz CT molecular complexity index is 609. The monoisotopic (exact) mass is 309 g/mol. The van der Waals surface area contributed by atoms with Crippen LogP contribution in [0.4, 0.5) is 0 Å². The predicted octanol–water partition coefficient (Wildman–Crippen LogP) is 4.37. The number of H-pyrrole nitrogens is 1. The first-order chi connectivity index (χ1) is 9.63. The summed E-state index contributed by atoms with van der Waals surface area (Å²) in [6.45, 7) is 0. The molecule has 1 aromatic carbocycles. The first kappa shape index (κ1) is 13.9. The van der Waals surface area contributed by atoms with E-state index in [9.17, 15) is 0 Å². The molecule has 2 aromatic rings. The van der Waals surface area contributed by atoms with Crippen molar-refractivity contribution in [2.24, 2.45) is 5.73 Å². The van der Waals surface area contributed by atoms with Crippen molar-refractivity contribution in [3.05, 3.63) is 40.3 Å². The van der Waals surface area contributed by atoms with Crippen molar-refractivity contribution in [3.8, 4) is 11.3 Å². The molecule has 3 N–H and O–H groups in total. The molecule has 0 radical (unpaired) electrons. The third-order valence-corrected chi connectivity index (χ3v) is 4.67. The van der Waals surface area contributed by atoms with Gasteiger partial charge in [0.25, 0.3) is 0 Å². The van der Waals surface area contributed by atoms with Crippen LogP contribution in [0, 0.1) is 0 Å². The first-order valence-corrected chi connectivity index (χ1v) is 7.65. The van der Waals surface area contributed by atoms with Gasteiger partial charge in [0.15, 0.2) is 0 Å². The molecule has 5 heteroatoms. The summed E-state index contributed by atoms with van der Waals surface area (Å²) in [6.07, 6.45) is 6.32. The van der Waals surface area contributed by atoms with Crippen molar-refractivity contribution in [1.82, 2.24) is 9.97 Å². The van der Waals surface area contributed by atoms with Gasteiger partial charge in [-0.15, -0.1) is 0 Å². The molecule has 0 saturated heterocycles. The number of nitrogens with two attached hydrogens (primary N) is 1. The van der Waals surface area contributed by atoms with Gasteiger partial charge < -0.3 is 10.7 Å². The first-order valence-electron chi connectivity index (χ1n) is 6.89. The summed E-state index contributed by atoms with van der Waals surface area (Å²) in [5, 5.41) is 1.12. The summed E-state index contributed by atoms with van der Waals surface area (Å²) in [6, 6.07) is 5.90. The van der Waals surface area contributed by atoms with Crippen LogP contribution in [-0.4, -0.2) is 16.0 Å². The topological polar surface area (TPSA) is 54.7 Å². The largest absolute Gasteiger partial charge is 0.342 e. The van der Waals surface area contributed by atoms with Crippen molar-refractivity contribution >= 4 is 23.2 Å². The number of nitrogens with zero attached hydrogens (tertiary/aromatic N) is 1. The lowest BCUT2D eigenvalue weighted by Gasteiger charge is -2.24. The zero-order valence-electron chi connectivity index (χ0n) is 11.1.